The first kappa shape index (κ1) is 10.2. The van der Waals surface area contributed by atoms with Crippen LogP contribution >= 0.6 is 0 Å². The van der Waals surface area contributed by atoms with Gasteiger partial charge in [0.2, 0.25) is 0 Å². The second-order valence-electron chi connectivity index (χ2n) is 4.18. The smallest absolute Gasteiger partial charge is 0.118 e. The van der Waals surface area contributed by atoms with Crippen molar-refractivity contribution in [3.63, 3.8) is 0 Å². The van der Waals surface area contributed by atoms with Crippen molar-refractivity contribution in [3.05, 3.63) is 30.4 Å². The molecule has 17 heavy (non-hydrogen) atoms. The van der Waals surface area contributed by atoms with Crippen LogP contribution in [0.1, 0.15) is 25.6 Å². The zero-order valence-corrected chi connectivity index (χ0v) is 9.77. The van der Waals surface area contributed by atoms with E-state index in [1.165, 1.54) is 6.42 Å². The molecule has 0 fully saturated rings. The summed E-state index contributed by atoms with van der Waals surface area (Å²) < 4.78 is 0. The molecule has 3 aromatic rings. The molecule has 3 aromatic heterocycles. The van der Waals surface area contributed by atoms with Gasteiger partial charge in [-0.3, -0.25) is 9.97 Å². The molecule has 3 rings (SSSR count). The molecular weight excluding hydrogens is 212 g/mol. The van der Waals surface area contributed by atoms with Crippen LogP contribution in [0.25, 0.3) is 22.1 Å². The minimum absolute atomic E-state index is 0.879. The molecule has 1 N–H and O–H groups in total. The first-order valence-corrected chi connectivity index (χ1v) is 5.97. The van der Waals surface area contributed by atoms with Gasteiger partial charge in [-0.2, -0.15) is 0 Å². The van der Waals surface area contributed by atoms with Crippen molar-refractivity contribution in [1.29, 1.82) is 0 Å². The largest absolute Gasteiger partial charge is 0.341 e. The van der Waals surface area contributed by atoms with Crippen LogP contribution in [-0.2, 0) is 6.42 Å². The first-order chi connectivity index (χ1) is 8.38. The number of nitrogens with one attached hydrogen (secondary N) is 1. The number of aromatic amines is 1. The van der Waals surface area contributed by atoms with Gasteiger partial charge in [0.1, 0.15) is 16.9 Å². The lowest BCUT2D eigenvalue weighted by Crippen LogP contribution is -1.86. The van der Waals surface area contributed by atoms with Crippen LogP contribution in [-0.4, -0.2) is 19.9 Å². The van der Waals surface area contributed by atoms with Gasteiger partial charge in [0.15, 0.2) is 0 Å². The van der Waals surface area contributed by atoms with Gasteiger partial charge < -0.3 is 4.98 Å². The highest BCUT2D eigenvalue weighted by Gasteiger charge is 2.07. The topological polar surface area (TPSA) is 54.5 Å². The highest BCUT2D eigenvalue weighted by Crippen LogP contribution is 2.19. The molecule has 0 aliphatic heterocycles. The molecule has 86 valence electrons. The third kappa shape index (κ3) is 1.75. The Kier molecular flexibility index (Phi) is 2.48. The molecule has 0 atom stereocenters. The summed E-state index contributed by atoms with van der Waals surface area (Å²) in [4.78, 5) is 16.7. The standard InChI is InChI=1S/C13H14N4/c1-2-3-6-11-16-10-8-15-9-5-4-7-14-12(9)13(10)17-11/h4-5,7-8H,2-3,6H2,1H3,(H,16,17). The summed E-state index contributed by atoms with van der Waals surface area (Å²) in [6.07, 6.45) is 6.93. The van der Waals surface area contributed by atoms with E-state index in [9.17, 15) is 0 Å². The van der Waals surface area contributed by atoms with Gasteiger partial charge in [-0.05, 0) is 18.6 Å². The number of hydrogen-bond acceptors (Lipinski definition) is 3. The molecule has 3 heterocycles. The maximum Gasteiger partial charge on any atom is 0.118 e. The number of hydrogen-bond donors (Lipinski definition) is 1. The van der Waals surface area contributed by atoms with E-state index in [2.05, 4.69) is 26.9 Å². The van der Waals surface area contributed by atoms with Crippen molar-refractivity contribution in [2.45, 2.75) is 26.2 Å². The van der Waals surface area contributed by atoms with Gasteiger partial charge >= 0.3 is 0 Å². The Balaban J connectivity index is 2.17. The van der Waals surface area contributed by atoms with Crippen LogP contribution in [0, 0.1) is 0 Å². The van der Waals surface area contributed by atoms with Crippen molar-refractivity contribution in [2.75, 3.05) is 0 Å². The predicted octanol–water partition coefficient (Wildman–Crippen LogP) is 2.85. The first-order valence-electron chi connectivity index (χ1n) is 5.97. The molecule has 0 aliphatic carbocycles. The van der Waals surface area contributed by atoms with Crippen LogP contribution in [0.3, 0.4) is 0 Å². The number of unbranched alkanes of at least 4 members (excludes halogenated alkanes) is 1. The fourth-order valence-electron chi connectivity index (χ4n) is 1.99. The normalized spacial score (nSPS) is 11.4. The Morgan fingerprint density at radius 2 is 2.18 bits per heavy atom. The van der Waals surface area contributed by atoms with Crippen molar-refractivity contribution in [3.8, 4) is 0 Å². The molecular formula is C13H14N4. The lowest BCUT2D eigenvalue weighted by Gasteiger charge is -1.94. The van der Waals surface area contributed by atoms with Crippen LogP contribution in [0.15, 0.2) is 24.5 Å². The maximum atomic E-state index is 4.62. The third-order valence-corrected chi connectivity index (χ3v) is 2.89. The molecule has 0 saturated carbocycles. The number of nitrogens with zero attached hydrogens (tertiary/aromatic N) is 3. The minimum Gasteiger partial charge on any atom is -0.341 e. The average Bonchev–Trinajstić information content (AvgIpc) is 2.79. The Bertz CT molecular complexity index is 657. The molecule has 0 aliphatic rings. The van der Waals surface area contributed by atoms with Crippen LogP contribution in [0.4, 0.5) is 0 Å². The van der Waals surface area contributed by atoms with E-state index in [1.807, 2.05) is 18.3 Å². The highest BCUT2D eigenvalue weighted by atomic mass is 14.9. The fraction of sp³-hybridized carbons (Fsp3) is 0.308. The zero-order chi connectivity index (χ0) is 11.7. The quantitative estimate of drug-likeness (QED) is 0.747. The van der Waals surface area contributed by atoms with E-state index in [-0.39, 0.29) is 0 Å². The van der Waals surface area contributed by atoms with E-state index in [0.717, 1.165) is 40.7 Å². The van der Waals surface area contributed by atoms with Crippen molar-refractivity contribution < 1.29 is 0 Å². The van der Waals surface area contributed by atoms with Crippen LogP contribution in [0.2, 0.25) is 0 Å². The summed E-state index contributed by atoms with van der Waals surface area (Å²) >= 11 is 0. The Labute approximate surface area is 99.1 Å². The molecule has 0 spiro atoms. The Morgan fingerprint density at radius 3 is 3.06 bits per heavy atom. The summed E-state index contributed by atoms with van der Waals surface area (Å²) in [6.45, 7) is 2.18. The van der Waals surface area contributed by atoms with Gasteiger partial charge in [-0.1, -0.05) is 13.3 Å². The van der Waals surface area contributed by atoms with Crippen molar-refractivity contribution in [1.82, 2.24) is 19.9 Å². The minimum atomic E-state index is 0.879. The summed E-state index contributed by atoms with van der Waals surface area (Å²) in [5.74, 6) is 1.03. The monoisotopic (exact) mass is 226 g/mol. The van der Waals surface area contributed by atoms with Crippen molar-refractivity contribution >= 4 is 22.1 Å². The molecule has 0 amide bonds. The van der Waals surface area contributed by atoms with E-state index in [0.29, 0.717) is 0 Å². The summed E-state index contributed by atoms with van der Waals surface area (Å²) in [7, 11) is 0. The molecule has 0 radical (unpaired) electrons. The number of aryl methyl sites for hydroxylation is 1. The van der Waals surface area contributed by atoms with Crippen LogP contribution in [0.5, 0.6) is 0 Å². The van der Waals surface area contributed by atoms with Crippen molar-refractivity contribution in [2.24, 2.45) is 0 Å². The number of aromatic nitrogens is 4. The SMILES string of the molecule is CCCCc1nc2c(cnc3cccnc32)[nH]1. The number of rotatable bonds is 3. The van der Waals surface area contributed by atoms with Gasteiger partial charge in [0, 0.05) is 12.6 Å². The zero-order valence-electron chi connectivity index (χ0n) is 9.77. The third-order valence-electron chi connectivity index (χ3n) is 2.89. The highest BCUT2D eigenvalue weighted by molar-refractivity contribution is 5.98. The Morgan fingerprint density at radius 1 is 1.24 bits per heavy atom. The predicted molar refractivity (Wildman–Crippen MR) is 67.8 cm³/mol. The number of H-pyrrole nitrogens is 1. The Hall–Kier alpha value is -1.97. The second-order valence-corrected chi connectivity index (χ2v) is 4.18. The number of fused-ring (bicyclic) bond motifs is 3. The van der Waals surface area contributed by atoms with E-state index in [1.54, 1.807) is 6.20 Å². The van der Waals surface area contributed by atoms with E-state index in [4.69, 9.17) is 0 Å². The second kappa shape index (κ2) is 4.13. The average molecular weight is 226 g/mol. The molecule has 0 aromatic carbocycles. The molecule has 0 unspecified atom stereocenters. The number of pyridine rings is 2. The van der Waals surface area contributed by atoms with Gasteiger partial charge in [-0.25, -0.2) is 4.98 Å². The summed E-state index contributed by atoms with van der Waals surface area (Å²) in [6, 6.07) is 3.86. The molecule has 0 bridgehead atoms. The molecule has 4 heteroatoms. The van der Waals surface area contributed by atoms with E-state index >= 15 is 0 Å². The van der Waals surface area contributed by atoms with Gasteiger partial charge in [-0.15, -0.1) is 0 Å². The lowest BCUT2D eigenvalue weighted by molar-refractivity contribution is 0.765. The van der Waals surface area contributed by atoms with Crippen LogP contribution < -0.4 is 0 Å². The van der Waals surface area contributed by atoms with E-state index < -0.39 is 0 Å². The summed E-state index contributed by atoms with van der Waals surface area (Å²) in [5.41, 5.74) is 3.68. The molecule has 4 nitrogen and oxygen atoms in total. The lowest BCUT2D eigenvalue weighted by atomic mass is 10.2. The fourth-order valence-corrected chi connectivity index (χ4v) is 1.99. The summed E-state index contributed by atoms with van der Waals surface area (Å²) in [5, 5.41) is 0. The van der Waals surface area contributed by atoms with Gasteiger partial charge in [0.05, 0.1) is 17.2 Å². The molecule has 0 saturated heterocycles. The van der Waals surface area contributed by atoms with Gasteiger partial charge in [0.25, 0.3) is 0 Å². The number of imidazole rings is 1. The maximum absolute atomic E-state index is 4.62.